The number of carbonyl (C=O) groups is 1. The summed E-state index contributed by atoms with van der Waals surface area (Å²) in [4.78, 5) is 10.8. The molecule has 9 heavy (non-hydrogen) atoms. The summed E-state index contributed by atoms with van der Waals surface area (Å²) in [5.74, 6) is 0.262. The van der Waals surface area contributed by atoms with Gasteiger partial charge in [-0.2, -0.15) is 12.6 Å². The van der Waals surface area contributed by atoms with E-state index in [4.69, 9.17) is 0 Å². The predicted octanol–water partition coefficient (Wildman–Crippen LogP) is 1.06. The third-order valence-electron chi connectivity index (χ3n) is 1.03. The summed E-state index contributed by atoms with van der Waals surface area (Å²) in [7, 11) is 0. The van der Waals surface area contributed by atoms with Gasteiger partial charge in [-0.05, 0) is 12.1 Å². The summed E-state index contributed by atoms with van der Waals surface area (Å²) in [6.07, 6.45) is 3.41. The van der Waals surface area contributed by atoms with Crippen LogP contribution in [0.25, 0.3) is 0 Å². The van der Waals surface area contributed by atoms with Gasteiger partial charge in [0.05, 0.1) is 5.75 Å². The van der Waals surface area contributed by atoms with Crippen LogP contribution in [0.15, 0.2) is 24.5 Å². The molecule has 0 unspecified atom stereocenters. The van der Waals surface area contributed by atoms with E-state index in [1.165, 1.54) is 4.57 Å². The minimum Gasteiger partial charge on any atom is -0.294 e. The number of aromatic nitrogens is 1. The van der Waals surface area contributed by atoms with E-state index in [-0.39, 0.29) is 11.7 Å². The molecule has 0 spiro atoms. The summed E-state index contributed by atoms with van der Waals surface area (Å²) in [5, 5.41) is 0. The molecule has 0 saturated carbocycles. The first-order chi connectivity index (χ1) is 4.34. The predicted molar refractivity (Wildman–Crippen MR) is 38.9 cm³/mol. The molecular weight excluding hydrogens is 134 g/mol. The molecule has 1 heterocycles. The summed E-state index contributed by atoms with van der Waals surface area (Å²) in [6, 6.07) is 3.61. The van der Waals surface area contributed by atoms with Gasteiger partial charge in [-0.1, -0.05) is 0 Å². The minimum absolute atomic E-state index is 0.00309. The maximum absolute atomic E-state index is 10.8. The summed E-state index contributed by atoms with van der Waals surface area (Å²) in [6.45, 7) is 0. The van der Waals surface area contributed by atoms with Crippen molar-refractivity contribution in [1.82, 2.24) is 4.57 Å². The zero-order chi connectivity index (χ0) is 6.69. The smallest absolute Gasteiger partial charge is 0.240 e. The SMILES string of the molecule is O=C(CS)n1cccc1. The molecule has 3 heteroatoms. The van der Waals surface area contributed by atoms with E-state index in [9.17, 15) is 4.79 Å². The molecule has 0 aliphatic carbocycles. The molecular formula is C6H7NOS. The van der Waals surface area contributed by atoms with Crippen molar-refractivity contribution in [3.05, 3.63) is 24.5 Å². The van der Waals surface area contributed by atoms with Gasteiger partial charge in [-0.15, -0.1) is 0 Å². The molecule has 0 saturated heterocycles. The Morgan fingerprint density at radius 2 is 2.00 bits per heavy atom. The van der Waals surface area contributed by atoms with Crippen molar-refractivity contribution in [2.24, 2.45) is 0 Å². The summed E-state index contributed by atoms with van der Waals surface area (Å²) in [5.41, 5.74) is 0. The topological polar surface area (TPSA) is 22.0 Å². The average Bonchev–Trinajstić information content (AvgIpc) is 2.37. The molecule has 0 fully saturated rings. The van der Waals surface area contributed by atoms with Crippen molar-refractivity contribution in [3.8, 4) is 0 Å². The van der Waals surface area contributed by atoms with Gasteiger partial charge < -0.3 is 0 Å². The Hall–Kier alpha value is -0.700. The van der Waals surface area contributed by atoms with Crippen molar-refractivity contribution in [1.29, 1.82) is 0 Å². The first-order valence-electron chi connectivity index (χ1n) is 2.61. The highest BCUT2D eigenvalue weighted by atomic mass is 32.1. The normalized spacial score (nSPS) is 9.44. The van der Waals surface area contributed by atoms with Crippen molar-refractivity contribution in [2.45, 2.75) is 0 Å². The largest absolute Gasteiger partial charge is 0.294 e. The van der Waals surface area contributed by atoms with E-state index in [1.807, 2.05) is 0 Å². The zero-order valence-electron chi connectivity index (χ0n) is 4.82. The van der Waals surface area contributed by atoms with Crippen LogP contribution in [-0.2, 0) is 0 Å². The van der Waals surface area contributed by atoms with Gasteiger partial charge in [0, 0.05) is 12.4 Å². The van der Waals surface area contributed by atoms with Gasteiger partial charge in [0.15, 0.2) is 0 Å². The standard InChI is InChI=1S/C6H7NOS/c8-6(5-9)7-3-1-2-4-7/h1-4,9H,5H2. The summed E-state index contributed by atoms with van der Waals surface area (Å²) < 4.78 is 1.51. The van der Waals surface area contributed by atoms with Crippen LogP contribution >= 0.6 is 12.6 Å². The van der Waals surface area contributed by atoms with Crippen molar-refractivity contribution >= 4 is 18.5 Å². The van der Waals surface area contributed by atoms with Crippen molar-refractivity contribution in [3.63, 3.8) is 0 Å². The van der Waals surface area contributed by atoms with E-state index >= 15 is 0 Å². The molecule has 1 rings (SSSR count). The Labute approximate surface area is 58.9 Å². The highest BCUT2D eigenvalue weighted by Gasteiger charge is 1.96. The second-order valence-corrected chi connectivity index (χ2v) is 1.96. The number of rotatable bonds is 1. The van der Waals surface area contributed by atoms with Gasteiger partial charge in [-0.3, -0.25) is 9.36 Å². The number of hydrogen-bond acceptors (Lipinski definition) is 2. The molecule has 0 aromatic carbocycles. The van der Waals surface area contributed by atoms with E-state index in [0.29, 0.717) is 0 Å². The van der Waals surface area contributed by atoms with E-state index in [0.717, 1.165) is 0 Å². The van der Waals surface area contributed by atoms with Gasteiger partial charge >= 0.3 is 0 Å². The highest BCUT2D eigenvalue weighted by molar-refractivity contribution is 7.81. The Bertz CT molecular complexity index is 193. The number of thiol groups is 1. The van der Waals surface area contributed by atoms with Crippen molar-refractivity contribution in [2.75, 3.05) is 5.75 Å². The molecule has 1 aromatic heterocycles. The van der Waals surface area contributed by atoms with Crippen LogP contribution < -0.4 is 0 Å². The van der Waals surface area contributed by atoms with Crippen LogP contribution in [-0.4, -0.2) is 16.2 Å². The fraction of sp³-hybridized carbons (Fsp3) is 0.167. The van der Waals surface area contributed by atoms with Crippen LogP contribution in [0.1, 0.15) is 4.79 Å². The van der Waals surface area contributed by atoms with Crippen LogP contribution in [0.3, 0.4) is 0 Å². The Morgan fingerprint density at radius 3 is 2.44 bits per heavy atom. The molecule has 1 aromatic rings. The lowest BCUT2D eigenvalue weighted by atomic mass is 10.7. The average molecular weight is 141 g/mol. The van der Waals surface area contributed by atoms with Gasteiger partial charge in [0.2, 0.25) is 5.91 Å². The van der Waals surface area contributed by atoms with Gasteiger partial charge in [-0.25, -0.2) is 0 Å². The molecule has 0 atom stereocenters. The van der Waals surface area contributed by atoms with Crippen molar-refractivity contribution < 1.29 is 4.79 Å². The fourth-order valence-corrected chi connectivity index (χ4v) is 0.746. The number of nitrogens with zero attached hydrogens (tertiary/aromatic N) is 1. The third-order valence-corrected chi connectivity index (χ3v) is 1.30. The lowest BCUT2D eigenvalue weighted by molar-refractivity contribution is 0.0942. The minimum atomic E-state index is 0.00309. The Morgan fingerprint density at radius 1 is 1.44 bits per heavy atom. The maximum atomic E-state index is 10.8. The van der Waals surface area contributed by atoms with Gasteiger partial charge in [0.25, 0.3) is 0 Å². The van der Waals surface area contributed by atoms with Crippen LogP contribution in [0.5, 0.6) is 0 Å². The number of hydrogen-bond donors (Lipinski definition) is 1. The maximum Gasteiger partial charge on any atom is 0.240 e. The first-order valence-corrected chi connectivity index (χ1v) is 3.25. The third kappa shape index (κ3) is 1.36. The second kappa shape index (κ2) is 2.73. The molecule has 0 aliphatic heterocycles. The first kappa shape index (κ1) is 6.42. The van der Waals surface area contributed by atoms with Crippen LogP contribution in [0.2, 0.25) is 0 Å². The lowest BCUT2D eigenvalue weighted by Crippen LogP contribution is -2.08. The molecule has 48 valence electrons. The van der Waals surface area contributed by atoms with Gasteiger partial charge in [0.1, 0.15) is 0 Å². The Balaban J connectivity index is 2.77. The molecule has 0 bridgehead atoms. The Kier molecular flexibility index (Phi) is 1.95. The highest BCUT2D eigenvalue weighted by Crippen LogP contribution is 1.90. The van der Waals surface area contributed by atoms with Crippen LogP contribution in [0.4, 0.5) is 0 Å². The molecule has 2 nitrogen and oxygen atoms in total. The fourth-order valence-electron chi connectivity index (χ4n) is 0.582. The van der Waals surface area contributed by atoms with E-state index in [1.54, 1.807) is 24.5 Å². The second-order valence-electron chi connectivity index (χ2n) is 1.64. The van der Waals surface area contributed by atoms with E-state index in [2.05, 4.69) is 12.6 Å². The molecule has 0 aliphatic rings. The molecule has 0 amide bonds. The number of carbonyl (C=O) groups excluding carboxylic acids is 1. The lowest BCUT2D eigenvalue weighted by Gasteiger charge is -1.93. The van der Waals surface area contributed by atoms with Crippen LogP contribution in [0, 0.1) is 0 Å². The molecule has 0 radical (unpaired) electrons. The zero-order valence-corrected chi connectivity index (χ0v) is 5.71. The van der Waals surface area contributed by atoms with E-state index < -0.39 is 0 Å². The summed E-state index contributed by atoms with van der Waals surface area (Å²) >= 11 is 3.83. The monoisotopic (exact) mass is 141 g/mol. The molecule has 0 N–H and O–H groups in total. The quantitative estimate of drug-likeness (QED) is 0.580.